The van der Waals surface area contributed by atoms with Gasteiger partial charge in [0.25, 0.3) is 5.91 Å². The van der Waals surface area contributed by atoms with E-state index in [-0.39, 0.29) is 24.3 Å². The second-order valence-electron chi connectivity index (χ2n) is 6.69. The number of ether oxygens (including phenoxy) is 1. The zero-order valence-electron chi connectivity index (χ0n) is 14.7. The second-order valence-corrected chi connectivity index (χ2v) is 6.69. The van der Waals surface area contributed by atoms with Crippen molar-refractivity contribution in [2.75, 3.05) is 18.6 Å². The number of methoxy groups -OCH3 is 1. The van der Waals surface area contributed by atoms with Crippen molar-refractivity contribution in [3.63, 3.8) is 0 Å². The Hall–Kier alpha value is -2.83. The number of aromatic nitrogens is 1. The molecule has 1 fully saturated rings. The molecule has 4 rings (SSSR count). The summed E-state index contributed by atoms with van der Waals surface area (Å²) in [6.45, 7) is 0.408. The van der Waals surface area contributed by atoms with Crippen LogP contribution in [0.15, 0.2) is 28.8 Å². The molecule has 1 N–H and O–H groups in total. The molecule has 0 saturated carbocycles. The predicted octanol–water partition coefficient (Wildman–Crippen LogP) is 2.10. The Balaban J connectivity index is 1.48. The van der Waals surface area contributed by atoms with E-state index < -0.39 is 0 Å². The van der Waals surface area contributed by atoms with E-state index in [2.05, 4.69) is 10.5 Å². The molecule has 1 aromatic carbocycles. The summed E-state index contributed by atoms with van der Waals surface area (Å²) in [5, 5.41) is 6.89. The van der Waals surface area contributed by atoms with E-state index in [1.54, 1.807) is 12.0 Å². The molecule has 0 radical (unpaired) electrons. The Morgan fingerprint density at radius 1 is 1.31 bits per heavy atom. The maximum atomic E-state index is 12.6. The number of carbonyl (C=O) groups is 2. The van der Waals surface area contributed by atoms with Crippen LogP contribution in [0.3, 0.4) is 0 Å². The van der Waals surface area contributed by atoms with Gasteiger partial charge in [0.2, 0.25) is 5.91 Å². The number of hydrogen-bond donors (Lipinski definition) is 1. The third-order valence-electron chi connectivity index (χ3n) is 5.00. The van der Waals surface area contributed by atoms with Gasteiger partial charge in [-0.3, -0.25) is 9.59 Å². The Bertz CT molecular complexity index is 845. The largest absolute Gasteiger partial charge is 0.495 e. The topological polar surface area (TPSA) is 84.7 Å². The van der Waals surface area contributed by atoms with Gasteiger partial charge in [-0.05, 0) is 31.4 Å². The molecular weight excluding hydrogens is 334 g/mol. The number of aryl methyl sites for hydroxylation is 1. The summed E-state index contributed by atoms with van der Waals surface area (Å²) >= 11 is 0. The van der Waals surface area contributed by atoms with Gasteiger partial charge >= 0.3 is 0 Å². The molecule has 1 saturated heterocycles. The van der Waals surface area contributed by atoms with E-state index in [0.717, 1.165) is 42.7 Å². The van der Waals surface area contributed by atoms with Crippen molar-refractivity contribution in [3.8, 4) is 5.75 Å². The normalized spacial score (nSPS) is 19.3. The predicted molar refractivity (Wildman–Crippen MR) is 94.4 cm³/mol. The third kappa shape index (κ3) is 2.94. The highest BCUT2D eigenvalue weighted by atomic mass is 16.5. The zero-order valence-corrected chi connectivity index (χ0v) is 14.7. The lowest BCUT2D eigenvalue weighted by Crippen LogP contribution is -2.37. The summed E-state index contributed by atoms with van der Waals surface area (Å²) in [5.74, 6) is 1.15. The Morgan fingerprint density at radius 2 is 2.12 bits per heavy atom. The van der Waals surface area contributed by atoms with E-state index in [4.69, 9.17) is 9.26 Å². The van der Waals surface area contributed by atoms with E-state index in [1.807, 2.05) is 24.3 Å². The Kier molecular flexibility index (Phi) is 4.36. The molecule has 0 bridgehead atoms. The zero-order chi connectivity index (χ0) is 18.1. The van der Waals surface area contributed by atoms with Gasteiger partial charge in [-0.15, -0.1) is 0 Å². The quantitative estimate of drug-likeness (QED) is 0.908. The number of amides is 2. The maximum absolute atomic E-state index is 12.6. The molecule has 136 valence electrons. The third-order valence-corrected chi connectivity index (χ3v) is 5.00. The van der Waals surface area contributed by atoms with Crippen LogP contribution in [-0.2, 0) is 17.6 Å². The number of carbonyl (C=O) groups excluding carboxylic acids is 2. The molecule has 1 atom stereocenters. The van der Waals surface area contributed by atoms with E-state index in [9.17, 15) is 9.59 Å². The molecule has 1 unspecified atom stereocenters. The smallest absolute Gasteiger partial charge is 0.274 e. The summed E-state index contributed by atoms with van der Waals surface area (Å²) in [6.07, 6.45) is 4.01. The molecule has 7 nitrogen and oxygen atoms in total. The molecule has 1 aromatic heterocycles. The van der Waals surface area contributed by atoms with Gasteiger partial charge in [0.05, 0.1) is 18.8 Å². The molecule has 26 heavy (non-hydrogen) atoms. The fraction of sp³-hybridized carbons (Fsp3) is 0.421. The van der Waals surface area contributed by atoms with Crippen LogP contribution in [-0.4, -0.2) is 36.7 Å². The molecule has 1 aliphatic carbocycles. The van der Waals surface area contributed by atoms with Crippen LogP contribution in [0, 0.1) is 0 Å². The van der Waals surface area contributed by atoms with Crippen molar-refractivity contribution in [2.45, 2.75) is 38.1 Å². The van der Waals surface area contributed by atoms with Crippen LogP contribution in [0.2, 0.25) is 0 Å². The lowest BCUT2D eigenvalue weighted by Gasteiger charge is -2.19. The monoisotopic (exact) mass is 355 g/mol. The van der Waals surface area contributed by atoms with Gasteiger partial charge in [0, 0.05) is 24.9 Å². The minimum absolute atomic E-state index is 0.0398. The Morgan fingerprint density at radius 3 is 2.96 bits per heavy atom. The lowest BCUT2D eigenvalue weighted by molar-refractivity contribution is -0.117. The van der Waals surface area contributed by atoms with Crippen LogP contribution >= 0.6 is 0 Å². The van der Waals surface area contributed by atoms with Crippen LogP contribution in [0.1, 0.15) is 41.1 Å². The van der Waals surface area contributed by atoms with Crippen LogP contribution in [0.25, 0.3) is 0 Å². The fourth-order valence-corrected chi connectivity index (χ4v) is 3.71. The minimum Gasteiger partial charge on any atom is -0.495 e. The van der Waals surface area contributed by atoms with Gasteiger partial charge in [-0.25, -0.2) is 0 Å². The van der Waals surface area contributed by atoms with Crippen molar-refractivity contribution in [1.29, 1.82) is 0 Å². The number of hydrogen-bond acceptors (Lipinski definition) is 5. The minimum atomic E-state index is -0.268. The van der Waals surface area contributed by atoms with Gasteiger partial charge in [-0.1, -0.05) is 17.3 Å². The summed E-state index contributed by atoms with van der Waals surface area (Å²) in [7, 11) is 1.58. The van der Waals surface area contributed by atoms with Gasteiger partial charge in [0.1, 0.15) is 11.5 Å². The number of rotatable bonds is 4. The van der Waals surface area contributed by atoms with Crippen LogP contribution < -0.4 is 15.0 Å². The first-order valence-electron chi connectivity index (χ1n) is 8.89. The highest BCUT2D eigenvalue weighted by molar-refractivity contribution is 5.99. The number of fused-ring (bicyclic) bond motifs is 1. The molecule has 2 heterocycles. The van der Waals surface area contributed by atoms with E-state index in [1.165, 1.54) is 0 Å². The van der Waals surface area contributed by atoms with Crippen molar-refractivity contribution < 1.29 is 18.8 Å². The molecular formula is C19H21N3O4. The van der Waals surface area contributed by atoms with Crippen molar-refractivity contribution in [1.82, 2.24) is 10.5 Å². The number of anilines is 1. The molecule has 0 spiro atoms. The molecule has 2 aromatic rings. The molecule has 7 heteroatoms. The van der Waals surface area contributed by atoms with Gasteiger partial charge in [0.15, 0.2) is 5.69 Å². The molecule has 2 amide bonds. The lowest BCUT2D eigenvalue weighted by atomic mass is 9.96. The summed E-state index contributed by atoms with van der Waals surface area (Å²) in [4.78, 5) is 26.7. The summed E-state index contributed by atoms with van der Waals surface area (Å²) in [6, 6.07) is 7.11. The average Bonchev–Trinajstić information content (AvgIpc) is 3.25. The molecule has 1 aliphatic heterocycles. The first-order valence-corrected chi connectivity index (χ1v) is 8.89. The fourth-order valence-electron chi connectivity index (χ4n) is 3.71. The van der Waals surface area contributed by atoms with Crippen molar-refractivity contribution in [3.05, 3.63) is 41.3 Å². The van der Waals surface area contributed by atoms with Gasteiger partial charge < -0.3 is 19.5 Å². The summed E-state index contributed by atoms with van der Waals surface area (Å²) < 4.78 is 10.6. The number of nitrogens with zero attached hydrogens (tertiary/aromatic N) is 2. The average molecular weight is 355 g/mol. The highest BCUT2D eigenvalue weighted by Crippen LogP contribution is 2.31. The summed E-state index contributed by atoms with van der Waals surface area (Å²) in [5.41, 5.74) is 2.00. The SMILES string of the molecule is COc1ccccc1N1CC(NC(=O)c2noc3c2CCCC3)CC1=O. The van der Waals surface area contributed by atoms with Crippen molar-refractivity contribution in [2.24, 2.45) is 0 Å². The standard InChI is InChI=1S/C19H21N3O4/c1-25-16-9-5-3-7-14(16)22-11-12(10-17(22)23)20-19(24)18-13-6-2-4-8-15(13)26-21-18/h3,5,7,9,12H,2,4,6,8,10-11H2,1H3,(H,20,24). The van der Waals surface area contributed by atoms with Crippen LogP contribution in [0.4, 0.5) is 5.69 Å². The Labute approximate surface area is 151 Å². The number of benzene rings is 1. The first-order chi connectivity index (χ1) is 12.7. The first kappa shape index (κ1) is 16.6. The van der Waals surface area contributed by atoms with E-state index in [0.29, 0.717) is 18.0 Å². The number of nitrogens with one attached hydrogen (secondary N) is 1. The highest BCUT2D eigenvalue weighted by Gasteiger charge is 2.34. The van der Waals surface area contributed by atoms with E-state index >= 15 is 0 Å². The molecule has 2 aliphatic rings. The van der Waals surface area contributed by atoms with Crippen molar-refractivity contribution >= 4 is 17.5 Å². The second kappa shape index (κ2) is 6.82. The van der Waals surface area contributed by atoms with Crippen LogP contribution in [0.5, 0.6) is 5.75 Å². The van der Waals surface area contributed by atoms with Gasteiger partial charge in [-0.2, -0.15) is 0 Å². The maximum Gasteiger partial charge on any atom is 0.274 e. The number of para-hydroxylation sites is 2.